The molecule has 0 fully saturated rings. The zero-order chi connectivity index (χ0) is 23.9. The van der Waals surface area contributed by atoms with Gasteiger partial charge in [0.15, 0.2) is 0 Å². The summed E-state index contributed by atoms with van der Waals surface area (Å²) in [5.74, 6) is 0.651. The molecule has 0 saturated carbocycles. The van der Waals surface area contributed by atoms with Gasteiger partial charge in [-0.05, 0) is 48.3 Å². The molecule has 1 N–H and O–H groups in total. The topological polar surface area (TPSA) is 37.3 Å². The van der Waals surface area contributed by atoms with Gasteiger partial charge in [-0.3, -0.25) is 0 Å². The van der Waals surface area contributed by atoms with Crippen molar-refractivity contribution >= 4 is 15.5 Å². The van der Waals surface area contributed by atoms with Crippen molar-refractivity contribution in [2.24, 2.45) is 0 Å². The maximum absolute atomic E-state index is 8.57. The molecule has 0 heterocycles. The molecular formula is C29H53AlO2. The summed E-state index contributed by atoms with van der Waals surface area (Å²) in [6.45, 7) is 9.34. The summed E-state index contributed by atoms with van der Waals surface area (Å²) in [6.07, 6.45) is 25.2. The Morgan fingerprint density at radius 2 is 1.09 bits per heavy atom. The standard InChI is InChI=1S/C29H52.Al.H2O.O/c1-5-7-9-11-13-15-17-19-22-27-23-21-25-28(26(3)4)29(27)24-20-18-16-14-12-10-8-6-2;;;/h21,23,25-26H,5-20,22,24H2,1-4H3;;1H2;/q;+1;;/p-1. The van der Waals surface area contributed by atoms with Crippen molar-refractivity contribution in [3.8, 4) is 0 Å². The van der Waals surface area contributed by atoms with Crippen LogP contribution in [0.15, 0.2) is 18.2 Å². The first-order valence-electron chi connectivity index (χ1n) is 13.8. The van der Waals surface area contributed by atoms with Gasteiger partial charge in [0.25, 0.3) is 0 Å². The van der Waals surface area contributed by atoms with Crippen LogP contribution in [0.3, 0.4) is 0 Å². The molecule has 0 aromatic heterocycles. The average Bonchev–Trinajstić information content (AvgIpc) is 2.78. The summed E-state index contributed by atoms with van der Waals surface area (Å²) < 4.78 is 15.7. The Morgan fingerprint density at radius 1 is 0.688 bits per heavy atom. The van der Waals surface area contributed by atoms with Crippen LogP contribution >= 0.6 is 0 Å². The molecule has 0 spiro atoms. The molecule has 0 aliphatic heterocycles. The fraction of sp³-hybridized carbons (Fsp3) is 0.793. The van der Waals surface area contributed by atoms with Crippen LogP contribution in [0, 0.1) is 0 Å². The molecule has 0 atom stereocenters. The Hall–Kier alpha value is -0.648. The van der Waals surface area contributed by atoms with Gasteiger partial charge in [-0.2, -0.15) is 0 Å². The fourth-order valence-corrected chi connectivity index (χ4v) is 4.62. The molecule has 0 saturated heterocycles. The third-order valence-corrected chi connectivity index (χ3v) is 6.51. The minimum absolute atomic E-state index is 0.651. The molecule has 0 radical (unpaired) electrons. The molecule has 0 bridgehead atoms. The van der Waals surface area contributed by atoms with Crippen LogP contribution in [0.25, 0.3) is 0 Å². The second kappa shape index (κ2) is 23.5. The van der Waals surface area contributed by atoms with E-state index in [1.54, 1.807) is 16.7 Å². The van der Waals surface area contributed by atoms with Crippen LogP contribution in [0.1, 0.15) is 153 Å². The summed E-state index contributed by atoms with van der Waals surface area (Å²) in [4.78, 5) is 0. The second-order valence-corrected chi connectivity index (χ2v) is 9.91. The first-order chi connectivity index (χ1) is 15.6. The Balaban J connectivity index is 0.00000302. The van der Waals surface area contributed by atoms with Crippen LogP contribution in [0.2, 0.25) is 0 Å². The van der Waals surface area contributed by atoms with Gasteiger partial charge < -0.3 is 0 Å². The van der Waals surface area contributed by atoms with Crippen LogP contribution in [0.4, 0.5) is 0 Å². The Morgan fingerprint density at radius 3 is 1.53 bits per heavy atom. The third kappa shape index (κ3) is 16.9. The van der Waals surface area contributed by atoms with E-state index in [1.807, 2.05) is 0 Å². The van der Waals surface area contributed by atoms with E-state index >= 15 is 0 Å². The normalized spacial score (nSPS) is 10.7. The van der Waals surface area contributed by atoms with E-state index < -0.39 is 15.5 Å². The molecule has 184 valence electrons. The van der Waals surface area contributed by atoms with E-state index in [0.717, 1.165) is 0 Å². The molecular weight excluding hydrogens is 407 g/mol. The summed E-state index contributed by atoms with van der Waals surface area (Å²) in [5, 5.41) is 0. The Bertz CT molecular complexity index is 542. The molecule has 1 aromatic carbocycles. The van der Waals surface area contributed by atoms with E-state index in [4.69, 9.17) is 7.96 Å². The Kier molecular flexibility index (Phi) is 23.0. The van der Waals surface area contributed by atoms with Crippen LogP contribution in [-0.2, 0) is 16.6 Å². The summed E-state index contributed by atoms with van der Waals surface area (Å²) in [7, 11) is 0. The monoisotopic (exact) mass is 460 g/mol. The van der Waals surface area contributed by atoms with Crippen molar-refractivity contribution in [1.82, 2.24) is 0 Å². The van der Waals surface area contributed by atoms with Crippen molar-refractivity contribution in [3.63, 3.8) is 0 Å². The van der Waals surface area contributed by atoms with Gasteiger partial charge in [-0.15, -0.1) is 0 Å². The molecule has 2 nitrogen and oxygen atoms in total. The van der Waals surface area contributed by atoms with E-state index in [0.29, 0.717) is 5.92 Å². The van der Waals surface area contributed by atoms with Gasteiger partial charge in [-0.25, -0.2) is 0 Å². The minimum atomic E-state index is -1.50. The molecule has 0 unspecified atom stereocenters. The van der Waals surface area contributed by atoms with Crippen molar-refractivity contribution in [2.75, 3.05) is 0 Å². The molecule has 1 rings (SSSR count). The van der Waals surface area contributed by atoms with Gasteiger partial charge in [0.2, 0.25) is 0 Å². The molecule has 0 amide bonds. The van der Waals surface area contributed by atoms with Crippen molar-refractivity contribution < 1.29 is 7.96 Å². The average molecular weight is 461 g/mol. The van der Waals surface area contributed by atoms with Crippen LogP contribution in [-0.4, -0.2) is 19.6 Å². The van der Waals surface area contributed by atoms with Crippen molar-refractivity contribution in [1.29, 1.82) is 0 Å². The number of hydrogen-bond acceptors (Lipinski definition) is 1. The summed E-state index contributed by atoms with van der Waals surface area (Å²) >= 11 is -1.50. The van der Waals surface area contributed by atoms with Crippen molar-refractivity contribution in [3.05, 3.63) is 34.9 Å². The summed E-state index contributed by atoms with van der Waals surface area (Å²) in [5.41, 5.74) is 4.98. The molecule has 0 aliphatic carbocycles. The van der Waals surface area contributed by atoms with Crippen molar-refractivity contribution in [2.45, 2.75) is 149 Å². The third-order valence-electron chi connectivity index (χ3n) is 6.51. The van der Waals surface area contributed by atoms with Gasteiger partial charge in [-0.1, -0.05) is 136 Å². The molecule has 32 heavy (non-hydrogen) atoms. The number of benzene rings is 1. The van der Waals surface area contributed by atoms with Gasteiger partial charge in [0, 0.05) is 0 Å². The number of aryl methyl sites for hydroxylation is 1. The SMILES string of the molecule is CCCCCCCCCCc1cccc(C(C)C)c1CCCCCCCCCC.[O]=[Al][OH]. The zero-order valence-corrected chi connectivity index (χ0v) is 23.1. The molecule has 0 aliphatic rings. The van der Waals surface area contributed by atoms with E-state index in [-0.39, 0.29) is 0 Å². The Labute approximate surface area is 207 Å². The van der Waals surface area contributed by atoms with E-state index in [1.165, 1.54) is 116 Å². The van der Waals surface area contributed by atoms with Gasteiger partial charge in [0.05, 0.1) is 0 Å². The predicted molar refractivity (Wildman–Crippen MR) is 142 cm³/mol. The predicted octanol–water partition coefficient (Wildman–Crippen LogP) is 9.12. The molecule has 1 aromatic rings. The zero-order valence-electron chi connectivity index (χ0n) is 22.0. The van der Waals surface area contributed by atoms with Crippen LogP contribution in [0.5, 0.6) is 0 Å². The number of unbranched alkanes of at least 4 members (excludes halogenated alkanes) is 14. The van der Waals surface area contributed by atoms with Gasteiger partial charge in [0.1, 0.15) is 0 Å². The van der Waals surface area contributed by atoms with Crippen LogP contribution < -0.4 is 0 Å². The first kappa shape index (κ1) is 31.4. The quantitative estimate of drug-likeness (QED) is 0.165. The number of rotatable bonds is 19. The fourth-order valence-electron chi connectivity index (χ4n) is 4.62. The number of hydrogen-bond donors (Lipinski definition) is 1. The van der Waals surface area contributed by atoms with E-state index in [9.17, 15) is 0 Å². The maximum atomic E-state index is 8.57. The van der Waals surface area contributed by atoms with E-state index in [2.05, 4.69) is 45.9 Å². The summed E-state index contributed by atoms with van der Waals surface area (Å²) in [6, 6.07) is 7.13. The second-order valence-electron chi connectivity index (χ2n) is 9.69. The van der Waals surface area contributed by atoms with Gasteiger partial charge >= 0.3 is 23.4 Å². The first-order valence-corrected chi connectivity index (χ1v) is 14.8. The molecule has 3 heteroatoms.